The van der Waals surface area contributed by atoms with Crippen molar-refractivity contribution in [1.29, 1.82) is 0 Å². The van der Waals surface area contributed by atoms with Crippen molar-refractivity contribution in [3.63, 3.8) is 0 Å². The molecule has 2 atom stereocenters. The number of benzene rings is 1. The lowest BCUT2D eigenvalue weighted by molar-refractivity contribution is -0.143. The third kappa shape index (κ3) is 2.54. The number of carbonyl (C=O) groups is 1. The van der Waals surface area contributed by atoms with Gasteiger partial charge >= 0.3 is 5.97 Å². The number of aliphatic carboxylic acids is 1. The van der Waals surface area contributed by atoms with Crippen molar-refractivity contribution in [3.05, 3.63) is 53.0 Å². The Morgan fingerprint density at radius 1 is 1.28 bits per heavy atom. The Morgan fingerprint density at radius 3 is 2.76 bits per heavy atom. The second-order valence-corrected chi connectivity index (χ2v) is 8.32. The van der Waals surface area contributed by atoms with Gasteiger partial charge in [-0.25, -0.2) is 18.4 Å². The summed E-state index contributed by atoms with van der Waals surface area (Å²) in [5, 5.41) is 14.0. The van der Waals surface area contributed by atoms with E-state index >= 15 is 0 Å². The van der Waals surface area contributed by atoms with Crippen LogP contribution in [0.1, 0.15) is 62.0 Å². The Balaban J connectivity index is 1.67. The summed E-state index contributed by atoms with van der Waals surface area (Å²) in [5.74, 6) is -1.38. The largest absolute Gasteiger partial charge is 0.481 e. The second kappa shape index (κ2) is 5.98. The summed E-state index contributed by atoms with van der Waals surface area (Å²) in [6.07, 6.45) is 4.36. The quantitative estimate of drug-likeness (QED) is 0.697. The van der Waals surface area contributed by atoms with E-state index < -0.39 is 23.0 Å². The molecule has 2 aliphatic carbocycles. The number of carboxylic acid groups (broad SMARTS) is 1. The van der Waals surface area contributed by atoms with Crippen molar-refractivity contribution >= 4 is 5.97 Å². The van der Waals surface area contributed by atoms with E-state index in [-0.39, 0.29) is 29.2 Å². The van der Waals surface area contributed by atoms with E-state index in [4.69, 9.17) is 4.42 Å². The Bertz CT molecular complexity index is 1150. The minimum absolute atomic E-state index is 0.180. The van der Waals surface area contributed by atoms with Crippen molar-refractivity contribution in [1.82, 2.24) is 14.8 Å². The van der Waals surface area contributed by atoms with Gasteiger partial charge in [0, 0.05) is 17.5 Å². The average Bonchev–Trinajstić information content (AvgIpc) is 3.42. The number of hydrogen-bond acceptors (Lipinski definition) is 4. The van der Waals surface area contributed by atoms with E-state index in [0.717, 1.165) is 36.6 Å². The van der Waals surface area contributed by atoms with Gasteiger partial charge < -0.3 is 9.52 Å². The molecule has 2 aromatic heterocycles. The van der Waals surface area contributed by atoms with Crippen LogP contribution in [0.3, 0.4) is 0 Å². The lowest BCUT2D eigenvalue weighted by atomic mass is 9.91. The highest BCUT2D eigenvalue weighted by atomic mass is 19.1. The van der Waals surface area contributed by atoms with Crippen LogP contribution in [-0.2, 0) is 10.2 Å². The molecule has 1 aromatic carbocycles. The third-order valence-corrected chi connectivity index (χ3v) is 6.18. The molecule has 0 saturated heterocycles. The summed E-state index contributed by atoms with van der Waals surface area (Å²) in [7, 11) is 0. The van der Waals surface area contributed by atoms with Gasteiger partial charge in [0.1, 0.15) is 22.7 Å². The number of nitrogens with zero attached hydrogens (tertiary/aromatic N) is 3. The number of halogens is 2. The molecule has 8 heteroatoms. The Kier molecular flexibility index (Phi) is 3.72. The van der Waals surface area contributed by atoms with Crippen LogP contribution in [0.15, 0.2) is 28.8 Å². The van der Waals surface area contributed by atoms with Crippen LogP contribution >= 0.6 is 0 Å². The molecule has 0 spiro atoms. The molecule has 5 rings (SSSR count). The molecule has 6 nitrogen and oxygen atoms in total. The maximum Gasteiger partial charge on any atom is 0.316 e. The number of rotatable bonds is 4. The Hall–Kier alpha value is -3.03. The second-order valence-electron chi connectivity index (χ2n) is 8.32. The molecule has 0 aliphatic heterocycles. The summed E-state index contributed by atoms with van der Waals surface area (Å²) >= 11 is 0. The fourth-order valence-corrected chi connectivity index (χ4v) is 4.50. The van der Waals surface area contributed by atoms with E-state index in [1.165, 1.54) is 23.0 Å². The van der Waals surface area contributed by atoms with Crippen LogP contribution in [0.2, 0.25) is 0 Å². The molecular formula is C21H19F2N3O3. The summed E-state index contributed by atoms with van der Waals surface area (Å²) in [6.45, 7) is 3.08. The van der Waals surface area contributed by atoms with Gasteiger partial charge in [-0.3, -0.25) is 4.79 Å². The first-order valence-corrected chi connectivity index (χ1v) is 9.55. The predicted octanol–water partition coefficient (Wildman–Crippen LogP) is 4.53. The molecule has 1 fully saturated rings. The van der Waals surface area contributed by atoms with Gasteiger partial charge in [-0.2, -0.15) is 5.10 Å². The molecule has 2 bridgehead atoms. The van der Waals surface area contributed by atoms with Gasteiger partial charge in [0.05, 0.1) is 11.9 Å². The molecule has 2 aliphatic rings. The number of carboxylic acids is 1. The Morgan fingerprint density at radius 2 is 2.03 bits per heavy atom. The Labute approximate surface area is 165 Å². The van der Waals surface area contributed by atoms with E-state index in [2.05, 4.69) is 10.1 Å². The first-order chi connectivity index (χ1) is 13.8. The van der Waals surface area contributed by atoms with Gasteiger partial charge in [0.15, 0.2) is 11.5 Å². The molecule has 3 aromatic rings. The van der Waals surface area contributed by atoms with Crippen LogP contribution < -0.4 is 0 Å². The van der Waals surface area contributed by atoms with Crippen molar-refractivity contribution in [2.45, 2.75) is 50.4 Å². The van der Waals surface area contributed by atoms with Gasteiger partial charge in [0.25, 0.3) is 0 Å². The number of fused-ring (bicyclic) bond motifs is 5. The third-order valence-electron chi connectivity index (χ3n) is 6.18. The zero-order valence-electron chi connectivity index (χ0n) is 15.9. The first kappa shape index (κ1) is 18.0. The monoisotopic (exact) mass is 399 g/mol. The normalized spacial score (nSPS) is 20.3. The summed E-state index contributed by atoms with van der Waals surface area (Å²) in [4.78, 5) is 15.8. The smallest absolute Gasteiger partial charge is 0.316 e. The van der Waals surface area contributed by atoms with Crippen LogP contribution in [0, 0.1) is 11.6 Å². The van der Waals surface area contributed by atoms with Gasteiger partial charge in [0.2, 0.25) is 5.89 Å². The molecular weight excluding hydrogens is 380 g/mol. The van der Waals surface area contributed by atoms with Gasteiger partial charge in [-0.1, -0.05) is 0 Å². The van der Waals surface area contributed by atoms with Crippen molar-refractivity contribution in [2.75, 3.05) is 0 Å². The van der Waals surface area contributed by atoms with Crippen molar-refractivity contribution in [3.8, 4) is 17.3 Å². The van der Waals surface area contributed by atoms with E-state index in [9.17, 15) is 18.7 Å². The number of hydrogen-bond donors (Lipinski definition) is 1. The lowest BCUT2D eigenvalue weighted by Gasteiger charge is -2.14. The average molecular weight is 399 g/mol. The fraction of sp³-hybridized carbons (Fsp3) is 0.381. The molecule has 29 heavy (non-hydrogen) atoms. The summed E-state index contributed by atoms with van der Waals surface area (Å²) in [5.41, 5.74) is 1.34. The van der Waals surface area contributed by atoms with Crippen LogP contribution in [0.4, 0.5) is 8.78 Å². The molecule has 2 heterocycles. The summed E-state index contributed by atoms with van der Waals surface area (Å²) in [6, 6.07) is 3.43. The maximum absolute atomic E-state index is 14.5. The lowest BCUT2D eigenvalue weighted by Crippen LogP contribution is -2.27. The number of aromatic nitrogens is 3. The molecule has 150 valence electrons. The zero-order chi connectivity index (χ0) is 20.5. The molecule has 0 unspecified atom stereocenters. The highest BCUT2D eigenvalue weighted by molar-refractivity contribution is 5.79. The SMILES string of the molecule is CC(C)(C(=O)O)c1cnc(-c2nn(-c3ccc(F)cc3F)c3c2[C@H]2CC[C@@H]3C2)o1. The van der Waals surface area contributed by atoms with E-state index in [1.54, 1.807) is 13.8 Å². The molecule has 1 N–H and O–H groups in total. The standard InChI is InChI=1S/C21H19F2N3O3/c1-21(2,20(27)28)15-9-24-19(29-15)17-16-10-3-4-11(7-10)18(16)26(25-17)14-6-5-12(22)8-13(14)23/h5-6,8-11H,3-4,7H2,1-2H3,(H,27,28)/t10-,11+/m0/s1. The topological polar surface area (TPSA) is 81.1 Å². The van der Waals surface area contributed by atoms with E-state index in [1.807, 2.05) is 0 Å². The number of oxazole rings is 1. The van der Waals surface area contributed by atoms with Crippen LogP contribution in [0.5, 0.6) is 0 Å². The van der Waals surface area contributed by atoms with Crippen molar-refractivity contribution in [2.24, 2.45) is 0 Å². The highest BCUT2D eigenvalue weighted by Crippen LogP contribution is 2.56. The van der Waals surface area contributed by atoms with Gasteiger partial charge in [-0.05, 0) is 51.2 Å². The first-order valence-electron chi connectivity index (χ1n) is 9.55. The predicted molar refractivity (Wildman–Crippen MR) is 99.0 cm³/mol. The minimum atomic E-state index is -1.24. The fourth-order valence-electron chi connectivity index (χ4n) is 4.50. The molecule has 1 saturated carbocycles. The van der Waals surface area contributed by atoms with Crippen LogP contribution in [0.25, 0.3) is 17.3 Å². The van der Waals surface area contributed by atoms with Crippen LogP contribution in [-0.4, -0.2) is 25.8 Å². The van der Waals surface area contributed by atoms with E-state index in [0.29, 0.717) is 5.69 Å². The maximum atomic E-state index is 14.5. The molecule has 0 amide bonds. The van der Waals surface area contributed by atoms with Gasteiger partial charge in [-0.15, -0.1) is 0 Å². The zero-order valence-corrected chi connectivity index (χ0v) is 15.9. The molecule has 0 radical (unpaired) electrons. The highest BCUT2D eigenvalue weighted by Gasteiger charge is 2.44. The summed E-state index contributed by atoms with van der Waals surface area (Å²) < 4.78 is 35.2. The van der Waals surface area contributed by atoms with Crippen molar-refractivity contribution < 1.29 is 23.1 Å². The minimum Gasteiger partial charge on any atom is -0.481 e.